The van der Waals surface area contributed by atoms with Crippen LogP contribution in [0.15, 0.2) is 64.0 Å². The average Bonchev–Trinajstić information content (AvgIpc) is 3.33. The fraction of sp³-hybridized carbons (Fsp3) is 0.357. The van der Waals surface area contributed by atoms with Crippen molar-refractivity contribution in [2.24, 2.45) is 5.92 Å². The molecule has 1 amide bonds. The number of rotatable bonds is 6. The maximum absolute atomic E-state index is 14.0. The summed E-state index contributed by atoms with van der Waals surface area (Å²) in [6.07, 6.45) is 4.12. The standard InChI is InChI=1S/C28H31FN4O4S/c1-21-27(26(37-30-21)14-13-22-8-5-6-12-25(22)29)38(35,36)33-15-7-9-23(20-33)28(34)32-18-16-31(17-19-32)24-10-3-2-4-11-24/h2-6,8,10-14,23H,7,9,15-20H2,1H3/b14-13+. The monoisotopic (exact) mass is 538 g/mol. The van der Waals surface area contributed by atoms with Gasteiger partial charge in [-0.25, -0.2) is 12.8 Å². The summed E-state index contributed by atoms with van der Waals surface area (Å²) in [6, 6.07) is 16.3. The summed E-state index contributed by atoms with van der Waals surface area (Å²) in [5, 5.41) is 3.87. The second-order valence-corrected chi connectivity index (χ2v) is 11.5. The number of hydrogen-bond donors (Lipinski definition) is 0. The second kappa shape index (κ2) is 11.1. The lowest BCUT2D eigenvalue weighted by Gasteiger charge is -2.39. The molecule has 0 N–H and O–H groups in total. The van der Waals surface area contributed by atoms with Crippen molar-refractivity contribution in [1.82, 2.24) is 14.4 Å². The molecule has 2 saturated heterocycles. The Hall–Kier alpha value is -3.50. The number of benzene rings is 2. The van der Waals surface area contributed by atoms with Gasteiger partial charge in [-0.2, -0.15) is 4.31 Å². The zero-order chi connectivity index (χ0) is 26.7. The number of carbonyl (C=O) groups is 1. The van der Waals surface area contributed by atoms with Gasteiger partial charge in [-0.3, -0.25) is 4.79 Å². The minimum Gasteiger partial charge on any atom is -0.368 e. The van der Waals surface area contributed by atoms with Crippen molar-refractivity contribution < 1.29 is 22.1 Å². The number of piperidine rings is 1. The van der Waals surface area contributed by atoms with Gasteiger partial charge in [0.25, 0.3) is 0 Å². The van der Waals surface area contributed by atoms with Gasteiger partial charge in [0.1, 0.15) is 11.5 Å². The van der Waals surface area contributed by atoms with E-state index in [9.17, 15) is 17.6 Å². The number of aryl methyl sites for hydroxylation is 1. The maximum atomic E-state index is 14.0. The number of para-hydroxylation sites is 1. The highest BCUT2D eigenvalue weighted by molar-refractivity contribution is 7.89. The lowest BCUT2D eigenvalue weighted by molar-refractivity contribution is -0.137. The highest BCUT2D eigenvalue weighted by Crippen LogP contribution is 2.30. The minimum absolute atomic E-state index is 0.000626. The topological polar surface area (TPSA) is 87.0 Å². The number of anilines is 1. The molecule has 3 heterocycles. The molecule has 0 saturated carbocycles. The summed E-state index contributed by atoms with van der Waals surface area (Å²) in [5.41, 5.74) is 1.67. The molecule has 2 fully saturated rings. The molecule has 1 unspecified atom stereocenters. The van der Waals surface area contributed by atoms with Gasteiger partial charge in [-0.15, -0.1) is 0 Å². The first-order valence-electron chi connectivity index (χ1n) is 12.8. The molecule has 10 heteroatoms. The first-order chi connectivity index (χ1) is 18.3. The molecular formula is C28H31FN4O4S. The van der Waals surface area contributed by atoms with E-state index in [1.165, 1.54) is 22.5 Å². The summed E-state index contributed by atoms with van der Waals surface area (Å²) in [4.78, 5) is 17.5. The van der Waals surface area contributed by atoms with Gasteiger partial charge in [0.15, 0.2) is 10.7 Å². The molecule has 2 aliphatic heterocycles. The van der Waals surface area contributed by atoms with E-state index in [1.54, 1.807) is 25.1 Å². The van der Waals surface area contributed by atoms with Gasteiger partial charge in [0.05, 0.1) is 5.92 Å². The number of halogens is 1. The Labute approximate surface area is 222 Å². The third-order valence-corrected chi connectivity index (χ3v) is 9.22. The van der Waals surface area contributed by atoms with Gasteiger partial charge in [0.2, 0.25) is 15.9 Å². The minimum atomic E-state index is -3.98. The van der Waals surface area contributed by atoms with E-state index in [1.807, 2.05) is 23.1 Å². The molecule has 3 aromatic rings. The van der Waals surface area contributed by atoms with Crippen LogP contribution in [-0.2, 0) is 14.8 Å². The molecule has 2 aliphatic rings. The average molecular weight is 539 g/mol. The molecule has 0 spiro atoms. The summed E-state index contributed by atoms with van der Waals surface area (Å²) in [6.45, 7) is 4.68. The Morgan fingerprint density at radius 2 is 1.71 bits per heavy atom. The van der Waals surface area contributed by atoms with Crippen LogP contribution in [0.3, 0.4) is 0 Å². The number of piperazine rings is 1. The number of sulfonamides is 1. The summed E-state index contributed by atoms with van der Waals surface area (Å²) >= 11 is 0. The first-order valence-corrected chi connectivity index (χ1v) is 14.3. The molecule has 0 aliphatic carbocycles. The van der Waals surface area contributed by atoms with Crippen molar-refractivity contribution in [3.63, 3.8) is 0 Å². The zero-order valence-electron chi connectivity index (χ0n) is 21.3. The van der Waals surface area contributed by atoms with Crippen LogP contribution < -0.4 is 4.90 Å². The lowest BCUT2D eigenvalue weighted by atomic mass is 9.97. The zero-order valence-corrected chi connectivity index (χ0v) is 22.1. The quantitative estimate of drug-likeness (QED) is 0.471. The Morgan fingerprint density at radius 3 is 2.45 bits per heavy atom. The van der Waals surface area contributed by atoms with Gasteiger partial charge in [0, 0.05) is 50.5 Å². The molecule has 0 radical (unpaired) electrons. The highest BCUT2D eigenvalue weighted by atomic mass is 32.2. The lowest BCUT2D eigenvalue weighted by Crippen LogP contribution is -2.53. The Bertz CT molecular complexity index is 1420. The summed E-state index contributed by atoms with van der Waals surface area (Å²) < 4.78 is 48.1. The van der Waals surface area contributed by atoms with Crippen molar-refractivity contribution in [2.45, 2.75) is 24.7 Å². The number of aromatic nitrogens is 1. The van der Waals surface area contributed by atoms with E-state index in [0.29, 0.717) is 38.0 Å². The van der Waals surface area contributed by atoms with Crippen LogP contribution in [0.25, 0.3) is 12.2 Å². The molecule has 5 rings (SSSR count). The smallest absolute Gasteiger partial charge is 0.248 e. The van der Waals surface area contributed by atoms with E-state index in [0.717, 1.165) is 18.8 Å². The molecule has 0 bridgehead atoms. The third kappa shape index (κ3) is 5.37. The predicted octanol–water partition coefficient (Wildman–Crippen LogP) is 4.04. The molecule has 2 aromatic carbocycles. The van der Waals surface area contributed by atoms with Crippen LogP contribution in [0.1, 0.15) is 29.9 Å². The number of nitrogens with zero attached hydrogens (tertiary/aromatic N) is 4. The number of carbonyl (C=O) groups excluding carboxylic acids is 1. The highest BCUT2D eigenvalue weighted by Gasteiger charge is 2.38. The molecular weight excluding hydrogens is 507 g/mol. The molecule has 200 valence electrons. The van der Waals surface area contributed by atoms with Crippen molar-refractivity contribution in [2.75, 3.05) is 44.2 Å². The molecule has 1 aromatic heterocycles. The van der Waals surface area contributed by atoms with Gasteiger partial charge in [-0.1, -0.05) is 41.6 Å². The van der Waals surface area contributed by atoms with Crippen molar-refractivity contribution in [3.05, 3.63) is 77.4 Å². The SMILES string of the molecule is Cc1noc(/C=C/c2ccccc2F)c1S(=O)(=O)N1CCCC(C(=O)N2CCN(c3ccccc3)CC2)C1. The number of amides is 1. The molecule has 1 atom stereocenters. The van der Waals surface area contributed by atoms with E-state index in [-0.39, 0.29) is 28.8 Å². The van der Waals surface area contributed by atoms with Crippen LogP contribution >= 0.6 is 0 Å². The van der Waals surface area contributed by atoms with E-state index < -0.39 is 21.8 Å². The van der Waals surface area contributed by atoms with Gasteiger partial charge in [-0.05, 0) is 50.1 Å². The maximum Gasteiger partial charge on any atom is 0.248 e. The van der Waals surface area contributed by atoms with Crippen LogP contribution in [0.2, 0.25) is 0 Å². The van der Waals surface area contributed by atoms with Crippen molar-refractivity contribution >= 4 is 33.8 Å². The Kier molecular flexibility index (Phi) is 7.62. The first kappa shape index (κ1) is 26.1. The largest absolute Gasteiger partial charge is 0.368 e. The fourth-order valence-electron chi connectivity index (χ4n) is 5.15. The van der Waals surface area contributed by atoms with Gasteiger partial charge >= 0.3 is 0 Å². The van der Waals surface area contributed by atoms with E-state index in [2.05, 4.69) is 22.2 Å². The van der Waals surface area contributed by atoms with Crippen LogP contribution in [0.5, 0.6) is 0 Å². The summed E-state index contributed by atoms with van der Waals surface area (Å²) in [7, 11) is -3.98. The second-order valence-electron chi connectivity index (χ2n) is 9.67. The normalized spacial score (nSPS) is 19.3. The number of hydrogen-bond acceptors (Lipinski definition) is 6. The van der Waals surface area contributed by atoms with E-state index >= 15 is 0 Å². The van der Waals surface area contributed by atoms with Crippen LogP contribution in [-0.4, -0.2) is 68.0 Å². The summed E-state index contributed by atoms with van der Waals surface area (Å²) in [5.74, 6) is -0.790. The van der Waals surface area contributed by atoms with Crippen molar-refractivity contribution in [3.8, 4) is 0 Å². The van der Waals surface area contributed by atoms with E-state index in [4.69, 9.17) is 4.52 Å². The third-order valence-electron chi connectivity index (χ3n) is 7.20. The van der Waals surface area contributed by atoms with Crippen molar-refractivity contribution in [1.29, 1.82) is 0 Å². The Morgan fingerprint density at radius 1 is 1.00 bits per heavy atom. The van der Waals surface area contributed by atoms with Gasteiger partial charge < -0.3 is 14.3 Å². The predicted molar refractivity (Wildman–Crippen MR) is 143 cm³/mol. The van der Waals surface area contributed by atoms with Crippen LogP contribution in [0.4, 0.5) is 10.1 Å². The fourth-order valence-corrected chi connectivity index (χ4v) is 6.92. The van der Waals surface area contributed by atoms with Crippen LogP contribution in [0, 0.1) is 18.7 Å². The molecule has 8 nitrogen and oxygen atoms in total. The Balaban J connectivity index is 1.28. The molecule has 38 heavy (non-hydrogen) atoms.